The summed E-state index contributed by atoms with van der Waals surface area (Å²) in [5.74, 6) is 0.323. The van der Waals surface area contributed by atoms with Gasteiger partial charge in [0, 0.05) is 24.9 Å². The van der Waals surface area contributed by atoms with Gasteiger partial charge < -0.3 is 15.0 Å². The van der Waals surface area contributed by atoms with Gasteiger partial charge >= 0.3 is 5.97 Å². The summed E-state index contributed by atoms with van der Waals surface area (Å²) in [7, 11) is 1.32. The highest BCUT2D eigenvalue weighted by atomic mass is 16.5. The van der Waals surface area contributed by atoms with Crippen LogP contribution >= 0.6 is 0 Å². The molecule has 0 aromatic heterocycles. The Morgan fingerprint density at radius 1 is 0.964 bits per heavy atom. The van der Waals surface area contributed by atoms with Crippen LogP contribution < -0.4 is 5.32 Å². The molecule has 3 rings (SSSR count). The highest BCUT2D eigenvalue weighted by Crippen LogP contribution is 2.32. The number of nitrogens with zero attached hydrogens (tertiary/aromatic N) is 1. The van der Waals surface area contributed by atoms with Crippen molar-refractivity contribution in [1.29, 1.82) is 0 Å². The molecule has 1 aliphatic carbocycles. The Balaban J connectivity index is 1.53. The number of rotatable bonds is 4. The number of piperidine rings is 1. The van der Waals surface area contributed by atoms with E-state index in [1.54, 1.807) is 24.3 Å². The maximum Gasteiger partial charge on any atom is 0.339 e. The standard InChI is InChI=1S/C22H30N2O4/c1-15-11-13-24(14-12-15)21(26)17-9-7-16(8-10-17)20(25)23-19-6-4-3-5-18(19)22(27)28-2/h3-6,15-17H,7-14H2,1-2H3,(H,23,25). The number of anilines is 1. The molecule has 28 heavy (non-hydrogen) atoms. The minimum absolute atomic E-state index is 0.0415. The summed E-state index contributed by atoms with van der Waals surface area (Å²) in [6.07, 6.45) is 5.08. The molecule has 1 saturated carbocycles. The van der Waals surface area contributed by atoms with Crippen LogP contribution in [-0.4, -0.2) is 42.9 Å². The van der Waals surface area contributed by atoms with Gasteiger partial charge in [0.15, 0.2) is 0 Å². The second-order valence-corrected chi connectivity index (χ2v) is 8.08. The number of esters is 1. The van der Waals surface area contributed by atoms with Crippen molar-refractivity contribution in [2.24, 2.45) is 17.8 Å². The molecule has 1 aromatic rings. The van der Waals surface area contributed by atoms with Crippen molar-refractivity contribution in [3.05, 3.63) is 29.8 Å². The molecule has 152 valence electrons. The Kier molecular flexibility index (Phi) is 6.70. The fraction of sp³-hybridized carbons (Fsp3) is 0.591. The van der Waals surface area contributed by atoms with Gasteiger partial charge in [-0.15, -0.1) is 0 Å². The Labute approximate surface area is 166 Å². The van der Waals surface area contributed by atoms with Gasteiger partial charge in [-0.25, -0.2) is 4.79 Å². The lowest BCUT2D eigenvalue weighted by molar-refractivity contribution is -0.139. The SMILES string of the molecule is COC(=O)c1ccccc1NC(=O)C1CCC(C(=O)N2CCC(C)CC2)CC1. The molecular weight excluding hydrogens is 356 g/mol. The first-order valence-corrected chi connectivity index (χ1v) is 10.3. The third-order valence-corrected chi connectivity index (χ3v) is 6.13. The topological polar surface area (TPSA) is 75.7 Å². The van der Waals surface area contributed by atoms with E-state index in [1.807, 2.05) is 4.90 Å². The third-order valence-electron chi connectivity index (χ3n) is 6.13. The van der Waals surface area contributed by atoms with E-state index >= 15 is 0 Å². The van der Waals surface area contributed by atoms with E-state index in [-0.39, 0.29) is 23.7 Å². The number of benzene rings is 1. The van der Waals surface area contributed by atoms with Crippen molar-refractivity contribution in [3.8, 4) is 0 Å². The van der Waals surface area contributed by atoms with Crippen LogP contribution in [0.4, 0.5) is 5.69 Å². The van der Waals surface area contributed by atoms with Crippen LogP contribution in [0.1, 0.15) is 55.8 Å². The first-order chi connectivity index (χ1) is 13.5. The number of carbonyl (C=O) groups excluding carboxylic acids is 3. The summed E-state index contributed by atoms with van der Waals surface area (Å²) >= 11 is 0. The summed E-state index contributed by atoms with van der Waals surface area (Å²) in [5.41, 5.74) is 0.821. The molecular formula is C22H30N2O4. The lowest BCUT2D eigenvalue weighted by Gasteiger charge is -2.35. The number of amides is 2. The van der Waals surface area contributed by atoms with Crippen LogP contribution in [0.3, 0.4) is 0 Å². The Morgan fingerprint density at radius 3 is 2.21 bits per heavy atom. The molecule has 0 unspecified atom stereocenters. The predicted octanol–water partition coefficient (Wildman–Crippen LogP) is 3.48. The van der Waals surface area contributed by atoms with Crippen LogP contribution in [0.5, 0.6) is 0 Å². The second-order valence-electron chi connectivity index (χ2n) is 8.08. The average molecular weight is 386 g/mol. The first-order valence-electron chi connectivity index (χ1n) is 10.3. The highest BCUT2D eigenvalue weighted by molar-refractivity contribution is 6.01. The normalized spacial score (nSPS) is 23.1. The van der Waals surface area contributed by atoms with Crippen molar-refractivity contribution >= 4 is 23.5 Å². The fourth-order valence-electron chi connectivity index (χ4n) is 4.20. The van der Waals surface area contributed by atoms with Crippen molar-refractivity contribution in [1.82, 2.24) is 4.90 Å². The number of hydrogen-bond acceptors (Lipinski definition) is 4. The van der Waals surface area contributed by atoms with E-state index < -0.39 is 5.97 Å². The second kappa shape index (κ2) is 9.22. The van der Waals surface area contributed by atoms with Crippen molar-refractivity contribution < 1.29 is 19.1 Å². The monoisotopic (exact) mass is 386 g/mol. The number of ether oxygens (including phenoxy) is 1. The molecule has 0 spiro atoms. The van der Waals surface area contributed by atoms with E-state index in [4.69, 9.17) is 4.74 Å². The van der Waals surface area contributed by atoms with Crippen LogP contribution in [-0.2, 0) is 14.3 Å². The third kappa shape index (κ3) is 4.72. The molecule has 1 aliphatic heterocycles. The largest absolute Gasteiger partial charge is 0.465 e. The van der Waals surface area contributed by atoms with Crippen molar-refractivity contribution in [3.63, 3.8) is 0 Å². The zero-order valence-corrected chi connectivity index (χ0v) is 16.8. The van der Waals surface area contributed by atoms with Gasteiger partial charge in [0.2, 0.25) is 11.8 Å². The Hall–Kier alpha value is -2.37. The molecule has 2 aliphatic rings. The molecule has 6 heteroatoms. The Bertz CT molecular complexity index is 717. The first kappa shape index (κ1) is 20.4. The Morgan fingerprint density at radius 2 is 1.57 bits per heavy atom. The molecule has 1 saturated heterocycles. The van der Waals surface area contributed by atoms with Gasteiger partial charge in [0.1, 0.15) is 0 Å². The highest BCUT2D eigenvalue weighted by Gasteiger charge is 2.33. The molecule has 1 N–H and O–H groups in total. The molecule has 0 radical (unpaired) electrons. The van der Waals surface area contributed by atoms with Crippen LogP contribution in [0.2, 0.25) is 0 Å². The zero-order valence-electron chi connectivity index (χ0n) is 16.8. The number of para-hydroxylation sites is 1. The lowest BCUT2D eigenvalue weighted by Crippen LogP contribution is -2.42. The fourth-order valence-corrected chi connectivity index (χ4v) is 4.20. The van der Waals surface area contributed by atoms with E-state index in [0.717, 1.165) is 38.8 Å². The molecule has 0 bridgehead atoms. The maximum atomic E-state index is 12.8. The molecule has 2 fully saturated rings. The summed E-state index contributed by atoms with van der Waals surface area (Å²) in [6.45, 7) is 3.97. The molecule has 2 amide bonds. The van der Waals surface area contributed by atoms with E-state index in [2.05, 4.69) is 12.2 Å². The molecule has 1 aromatic carbocycles. The molecule has 6 nitrogen and oxygen atoms in total. The van der Waals surface area contributed by atoms with Gasteiger partial charge in [-0.05, 0) is 56.6 Å². The van der Waals surface area contributed by atoms with Gasteiger partial charge in [-0.3, -0.25) is 9.59 Å². The molecule has 1 heterocycles. The van der Waals surface area contributed by atoms with Gasteiger partial charge in [-0.1, -0.05) is 19.1 Å². The summed E-state index contributed by atoms with van der Waals surface area (Å²) in [5, 5.41) is 2.87. The number of carbonyl (C=O) groups is 3. The predicted molar refractivity (Wildman–Crippen MR) is 107 cm³/mol. The van der Waals surface area contributed by atoms with Crippen molar-refractivity contribution in [2.75, 3.05) is 25.5 Å². The van der Waals surface area contributed by atoms with Crippen LogP contribution in [0.15, 0.2) is 24.3 Å². The van der Waals surface area contributed by atoms with E-state index in [1.165, 1.54) is 7.11 Å². The summed E-state index contributed by atoms with van der Waals surface area (Å²) < 4.78 is 4.78. The van der Waals surface area contributed by atoms with E-state index in [9.17, 15) is 14.4 Å². The number of hydrogen-bond donors (Lipinski definition) is 1. The maximum absolute atomic E-state index is 12.8. The minimum Gasteiger partial charge on any atom is -0.465 e. The van der Waals surface area contributed by atoms with E-state index in [0.29, 0.717) is 30.0 Å². The summed E-state index contributed by atoms with van der Waals surface area (Å²) in [4.78, 5) is 39.3. The van der Waals surface area contributed by atoms with Gasteiger partial charge in [0.25, 0.3) is 0 Å². The van der Waals surface area contributed by atoms with Crippen LogP contribution in [0.25, 0.3) is 0 Å². The number of nitrogens with one attached hydrogen (secondary N) is 1. The summed E-state index contributed by atoms with van der Waals surface area (Å²) in [6, 6.07) is 6.85. The van der Waals surface area contributed by atoms with Crippen LogP contribution in [0, 0.1) is 17.8 Å². The minimum atomic E-state index is -0.471. The number of methoxy groups -OCH3 is 1. The molecule has 0 atom stereocenters. The average Bonchev–Trinajstić information content (AvgIpc) is 2.73. The van der Waals surface area contributed by atoms with Gasteiger partial charge in [0.05, 0.1) is 18.4 Å². The quantitative estimate of drug-likeness (QED) is 0.804. The lowest BCUT2D eigenvalue weighted by atomic mass is 9.80. The van der Waals surface area contributed by atoms with Crippen molar-refractivity contribution in [2.45, 2.75) is 45.4 Å². The van der Waals surface area contributed by atoms with Gasteiger partial charge in [-0.2, -0.15) is 0 Å². The zero-order chi connectivity index (χ0) is 20.1. The number of likely N-dealkylation sites (tertiary alicyclic amines) is 1. The smallest absolute Gasteiger partial charge is 0.339 e.